The highest BCUT2D eigenvalue weighted by atomic mass is 35.5. The van der Waals surface area contributed by atoms with E-state index in [0.29, 0.717) is 18.0 Å². The van der Waals surface area contributed by atoms with Crippen molar-refractivity contribution < 1.29 is 4.79 Å². The van der Waals surface area contributed by atoms with E-state index in [9.17, 15) is 4.79 Å². The third-order valence-corrected chi connectivity index (χ3v) is 3.66. The summed E-state index contributed by atoms with van der Waals surface area (Å²) in [6.45, 7) is 0.682. The van der Waals surface area contributed by atoms with Gasteiger partial charge in [-0.3, -0.25) is 9.78 Å². The molecule has 1 aliphatic rings. The van der Waals surface area contributed by atoms with Crippen LogP contribution in [0, 0.1) is 0 Å². The molecule has 2 aromatic heterocycles. The minimum atomic E-state index is 0.260. The van der Waals surface area contributed by atoms with Crippen LogP contribution in [0.5, 0.6) is 0 Å². The summed E-state index contributed by atoms with van der Waals surface area (Å²) in [5.41, 5.74) is 3.06. The van der Waals surface area contributed by atoms with Crippen LogP contribution < -0.4 is 0 Å². The molecule has 4 heteroatoms. The molecular formula is C14H13ClN2O. The van der Waals surface area contributed by atoms with E-state index < -0.39 is 0 Å². The Morgan fingerprint density at radius 3 is 3.00 bits per heavy atom. The lowest BCUT2D eigenvalue weighted by atomic mass is 9.95. The highest BCUT2D eigenvalue weighted by Crippen LogP contribution is 2.23. The number of Topliss-reactive ketones (excluding diaryl/α,β-unsaturated/α-hetero) is 1. The maximum Gasteiger partial charge on any atom is 0.164 e. The minimum absolute atomic E-state index is 0.260. The zero-order valence-electron chi connectivity index (χ0n) is 9.90. The molecule has 0 amide bonds. The average Bonchev–Trinajstić information content (AvgIpc) is 2.76. The van der Waals surface area contributed by atoms with Crippen LogP contribution >= 0.6 is 11.6 Å². The number of hydrogen-bond acceptors (Lipinski definition) is 2. The van der Waals surface area contributed by atoms with Crippen LogP contribution in [0.1, 0.15) is 34.3 Å². The van der Waals surface area contributed by atoms with Crippen LogP contribution in [-0.2, 0) is 13.0 Å². The summed E-state index contributed by atoms with van der Waals surface area (Å²) < 4.78 is 2.04. The van der Waals surface area contributed by atoms with Gasteiger partial charge in [0.05, 0.1) is 5.02 Å². The lowest BCUT2D eigenvalue weighted by Gasteiger charge is -2.07. The van der Waals surface area contributed by atoms with E-state index in [1.54, 1.807) is 12.4 Å². The van der Waals surface area contributed by atoms with E-state index in [-0.39, 0.29) is 5.78 Å². The molecule has 0 aliphatic heterocycles. The number of aromatic nitrogens is 2. The lowest BCUT2D eigenvalue weighted by Crippen LogP contribution is -2.07. The van der Waals surface area contributed by atoms with Gasteiger partial charge in [-0.05, 0) is 30.0 Å². The molecule has 0 unspecified atom stereocenters. The zero-order chi connectivity index (χ0) is 12.5. The number of carbonyl (C=O) groups is 1. The molecule has 0 spiro atoms. The molecule has 0 N–H and O–H groups in total. The topological polar surface area (TPSA) is 34.9 Å². The first-order valence-electron chi connectivity index (χ1n) is 6.04. The quantitative estimate of drug-likeness (QED) is 0.832. The third kappa shape index (κ3) is 2.06. The van der Waals surface area contributed by atoms with Crippen LogP contribution in [0.2, 0.25) is 5.02 Å². The second kappa shape index (κ2) is 4.58. The van der Waals surface area contributed by atoms with Gasteiger partial charge in [-0.1, -0.05) is 11.6 Å². The van der Waals surface area contributed by atoms with Gasteiger partial charge in [-0.25, -0.2) is 0 Å². The van der Waals surface area contributed by atoms with Crippen molar-refractivity contribution in [3.63, 3.8) is 0 Å². The van der Waals surface area contributed by atoms with E-state index in [1.165, 1.54) is 0 Å². The molecule has 0 atom stereocenters. The summed E-state index contributed by atoms with van der Waals surface area (Å²) >= 11 is 6.09. The van der Waals surface area contributed by atoms with E-state index in [0.717, 1.165) is 29.5 Å². The summed E-state index contributed by atoms with van der Waals surface area (Å²) in [5, 5.41) is 0.662. The predicted octanol–water partition coefficient (Wildman–Crippen LogP) is 3.10. The number of aryl methyl sites for hydroxylation is 1. The van der Waals surface area contributed by atoms with Gasteiger partial charge in [-0.2, -0.15) is 0 Å². The number of carbonyl (C=O) groups excluding carboxylic acids is 1. The molecule has 0 saturated carbocycles. The van der Waals surface area contributed by atoms with E-state index >= 15 is 0 Å². The van der Waals surface area contributed by atoms with Crippen molar-refractivity contribution in [3.05, 3.63) is 52.6 Å². The zero-order valence-corrected chi connectivity index (χ0v) is 10.7. The second-order valence-corrected chi connectivity index (χ2v) is 5.02. The Balaban J connectivity index is 1.90. The van der Waals surface area contributed by atoms with Crippen molar-refractivity contribution in [2.24, 2.45) is 0 Å². The van der Waals surface area contributed by atoms with Crippen molar-refractivity contribution in [1.29, 1.82) is 0 Å². The number of ketones is 1. The van der Waals surface area contributed by atoms with Gasteiger partial charge in [-0.15, -0.1) is 0 Å². The summed E-state index contributed by atoms with van der Waals surface area (Å²) in [4.78, 5) is 15.7. The number of nitrogens with zero attached hydrogens (tertiary/aromatic N) is 2. The SMILES string of the molecule is O=C1CCCc2cn(Cc3ccncc3Cl)cc21. The maximum absolute atomic E-state index is 11.8. The molecule has 0 aromatic carbocycles. The lowest BCUT2D eigenvalue weighted by molar-refractivity contribution is 0.0973. The molecule has 2 heterocycles. The van der Waals surface area contributed by atoms with Gasteiger partial charge in [0.2, 0.25) is 0 Å². The Morgan fingerprint density at radius 2 is 2.22 bits per heavy atom. The minimum Gasteiger partial charge on any atom is -0.349 e. The number of halogens is 1. The van der Waals surface area contributed by atoms with Gasteiger partial charge in [0.1, 0.15) is 0 Å². The Labute approximate surface area is 110 Å². The average molecular weight is 261 g/mol. The molecule has 0 fully saturated rings. The first-order chi connectivity index (χ1) is 8.74. The van der Waals surface area contributed by atoms with Gasteiger partial charge in [0.15, 0.2) is 5.78 Å². The fourth-order valence-corrected chi connectivity index (χ4v) is 2.58. The molecule has 1 aliphatic carbocycles. The van der Waals surface area contributed by atoms with Crippen molar-refractivity contribution in [2.45, 2.75) is 25.8 Å². The molecule has 3 nitrogen and oxygen atoms in total. The Hall–Kier alpha value is -1.61. The summed E-state index contributed by atoms with van der Waals surface area (Å²) in [6, 6.07) is 1.91. The molecule has 3 rings (SSSR count). The Morgan fingerprint density at radius 1 is 1.33 bits per heavy atom. The third-order valence-electron chi connectivity index (χ3n) is 3.32. The summed E-state index contributed by atoms with van der Waals surface area (Å²) in [6.07, 6.45) is 10.0. The normalized spacial score (nSPS) is 14.6. The van der Waals surface area contributed by atoms with Gasteiger partial charge >= 0.3 is 0 Å². The largest absolute Gasteiger partial charge is 0.349 e. The Kier molecular flexibility index (Phi) is 2.92. The van der Waals surface area contributed by atoms with Crippen molar-refractivity contribution in [1.82, 2.24) is 9.55 Å². The highest BCUT2D eigenvalue weighted by Gasteiger charge is 2.19. The molecule has 18 heavy (non-hydrogen) atoms. The molecule has 0 radical (unpaired) electrons. The van der Waals surface area contributed by atoms with Crippen molar-refractivity contribution in [2.75, 3.05) is 0 Å². The number of pyridine rings is 1. The molecular weight excluding hydrogens is 248 g/mol. The monoisotopic (exact) mass is 260 g/mol. The summed E-state index contributed by atoms with van der Waals surface area (Å²) in [5.74, 6) is 0.260. The molecule has 0 saturated heterocycles. The highest BCUT2D eigenvalue weighted by molar-refractivity contribution is 6.31. The van der Waals surface area contributed by atoms with Gasteiger partial charge in [0, 0.05) is 43.3 Å². The predicted molar refractivity (Wildman–Crippen MR) is 70.0 cm³/mol. The van der Waals surface area contributed by atoms with Crippen LogP contribution in [-0.4, -0.2) is 15.3 Å². The summed E-state index contributed by atoms with van der Waals surface area (Å²) in [7, 11) is 0. The second-order valence-electron chi connectivity index (χ2n) is 4.61. The van der Waals surface area contributed by atoms with E-state index in [1.807, 2.05) is 16.8 Å². The Bertz CT molecular complexity index is 604. The molecule has 2 aromatic rings. The smallest absolute Gasteiger partial charge is 0.164 e. The fraction of sp³-hybridized carbons (Fsp3) is 0.286. The van der Waals surface area contributed by atoms with Crippen molar-refractivity contribution in [3.8, 4) is 0 Å². The van der Waals surface area contributed by atoms with Crippen LogP contribution in [0.3, 0.4) is 0 Å². The maximum atomic E-state index is 11.8. The van der Waals surface area contributed by atoms with Gasteiger partial charge in [0.25, 0.3) is 0 Å². The first-order valence-corrected chi connectivity index (χ1v) is 6.42. The first kappa shape index (κ1) is 11.5. The standard InChI is InChI=1S/C14H13ClN2O/c15-13-6-16-5-4-11(13)8-17-7-10-2-1-3-14(18)12(10)9-17/h4-7,9H,1-3,8H2. The fourth-order valence-electron chi connectivity index (χ4n) is 2.40. The number of rotatable bonds is 2. The van der Waals surface area contributed by atoms with Crippen molar-refractivity contribution >= 4 is 17.4 Å². The molecule has 92 valence electrons. The van der Waals surface area contributed by atoms with E-state index in [4.69, 9.17) is 11.6 Å². The van der Waals surface area contributed by atoms with E-state index in [2.05, 4.69) is 11.2 Å². The van der Waals surface area contributed by atoms with Crippen LogP contribution in [0.4, 0.5) is 0 Å². The molecule has 0 bridgehead atoms. The van der Waals surface area contributed by atoms with Gasteiger partial charge < -0.3 is 4.57 Å². The number of fused-ring (bicyclic) bond motifs is 1. The van der Waals surface area contributed by atoms with Crippen LogP contribution in [0.15, 0.2) is 30.9 Å². The van der Waals surface area contributed by atoms with Crippen LogP contribution in [0.25, 0.3) is 0 Å². The number of hydrogen-bond donors (Lipinski definition) is 0.